The fraction of sp³-hybridized carbons (Fsp3) is 0.312. The van der Waals surface area contributed by atoms with Gasteiger partial charge in [0.15, 0.2) is 6.20 Å². The van der Waals surface area contributed by atoms with Crippen LogP contribution in [0.3, 0.4) is 0 Å². The highest BCUT2D eigenvalue weighted by Crippen LogP contribution is 2.22. The van der Waals surface area contributed by atoms with Crippen molar-refractivity contribution in [2.45, 2.75) is 19.8 Å². The van der Waals surface area contributed by atoms with Crippen LogP contribution in [-0.2, 0) is 7.05 Å². The molecule has 0 bridgehead atoms. The first-order valence-corrected chi connectivity index (χ1v) is 6.44. The average Bonchev–Trinajstić information content (AvgIpc) is 2.43. The average molecular weight is 262 g/mol. The monoisotopic (exact) mass is 262 g/mol. The third-order valence-electron chi connectivity index (χ3n) is 3.23. The molecule has 1 unspecified atom stereocenters. The molecule has 1 heterocycles. The minimum atomic E-state index is -0.299. The molecule has 19 heavy (non-hydrogen) atoms. The molecule has 100 valence electrons. The van der Waals surface area contributed by atoms with Crippen LogP contribution < -0.4 is 4.57 Å². The van der Waals surface area contributed by atoms with E-state index in [1.165, 1.54) is 16.7 Å². The standard InChI is InChI=1S/C16H18F2N/c1-12-4-3-5-13(6-8-15(17)10-12)14-7-9-16(18)19(2)11-14/h3,5-9,11-12H,4,10H2,1-2H3/q+1/b5-3-,13-6+,15-8+. The summed E-state index contributed by atoms with van der Waals surface area (Å²) in [6.07, 6.45) is 10.3. The number of aromatic nitrogens is 1. The van der Waals surface area contributed by atoms with Crippen molar-refractivity contribution < 1.29 is 13.3 Å². The van der Waals surface area contributed by atoms with E-state index in [-0.39, 0.29) is 11.8 Å². The number of pyridine rings is 1. The Morgan fingerprint density at radius 1 is 1.21 bits per heavy atom. The Balaban J connectivity index is 2.38. The van der Waals surface area contributed by atoms with E-state index in [9.17, 15) is 8.78 Å². The number of allylic oxidation sites excluding steroid dienone is 6. The molecule has 0 spiro atoms. The second kappa shape index (κ2) is 5.91. The lowest BCUT2D eigenvalue weighted by atomic mass is 10.0. The van der Waals surface area contributed by atoms with E-state index in [0.29, 0.717) is 12.3 Å². The van der Waals surface area contributed by atoms with E-state index >= 15 is 0 Å². The highest BCUT2D eigenvalue weighted by molar-refractivity contribution is 5.74. The Morgan fingerprint density at radius 3 is 2.74 bits per heavy atom. The zero-order valence-electron chi connectivity index (χ0n) is 11.2. The largest absolute Gasteiger partial charge is 0.359 e. The molecule has 1 aromatic heterocycles. The Hall–Kier alpha value is -1.77. The lowest BCUT2D eigenvalue weighted by Crippen LogP contribution is -2.32. The molecule has 1 aliphatic rings. The number of halogens is 2. The van der Waals surface area contributed by atoms with Crippen molar-refractivity contribution in [3.8, 4) is 0 Å². The van der Waals surface area contributed by atoms with Crippen LogP contribution in [0.5, 0.6) is 0 Å². The molecule has 1 nitrogen and oxygen atoms in total. The predicted octanol–water partition coefficient (Wildman–Crippen LogP) is 3.87. The Labute approximate surface area is 112 Å². The van der Waals surface area contributed by atoms with Crippen LogP contribution in [0, 0.1) is 11.9 Å². The van der Waals surface area contributed by atoms with Gasteiger partial charge in [-0.1, -0.05) is 25.2 Å². The molecule has 0 saturated heterocycles. The minimum Gasteiger partial charge on any atom is -0.212 e. The van der Waals surface area contributed by atoms with Crippen LogP contribution in [-0.4, -0.2) is 0 Å². The summed E-state index contributed by atoms with van der Waals surface area (Å²) in [5.74, 6) is -0.114. The van der Waals surface area contributed by atoms with Gasteiger partial charge in [0.25, 0.3) is 0 Å². The van der Waals surface area contributed by atoms with Gasteiger partial charge in [-0.2, -0.15) is 4.57 Å². The fourth-order valence-electron chi connectivity index (χ4n) is 2.10. The van der Waals surface area contributed by atoms with Gasteiger partial charge in [0.1, 0.15) is 12.9 Å². The van der Waals surface area contributed by atoms with Gasteiger partial charge in [-0.15, -0.1) is 4.39 Å². The van der Waals surface area contributed by atoms with Crippen LogP contribution in [0.2, 0.25) is 0 Å². The second-order valence-electron chi connectivity index (χ2n) is 5.03. The van der Waals surface area contributed by atoms with Gasteiger partial charge in [0.2, 0.25) is 0 Å². The van der Waals surface area contributed by atoms with Crippen molar-refractivity contribution >= 4 is 5.57 Å². The number of aryl methyl sites for hydroxylation is 1. The van der Waals surface area contributed by atoms with Crippen molar-refractivity contribution in [3.05, 3.63) is 60.0 Å². The Kier molecular flexibility index (Phi) is 4.25. The number of nitrogens with zero attached hydrogens (tertiary/aromatic N) is 1. The maximum Gasteiger partial charge on any atom is 0.359 e. The molecule has 1 aliphatic carbocycles. The minimum absolute atomic E-state index is 0.111. The van der Waals surface area contributed by atoms with Gasteiger partial charge in [0.05, 0.1) is 0 Å². The quantitative estimate of drug-likeness (QED) is 0.534. The summed E-state index contributed by atoms with van der Waals surface area (Å²) in [6, 6.07) is 3.12. The molecule has 1 atom stereocenters. The molecule has 0 N–H and O–H groups in total. The Bertz CT molecular complexity index is 556. The summed E-state index contributed by atoms with van der Waals surface area (Å²) in [6.45, 7) is 2.03. The molecule has 3 heteroatoms. The first-order chi connectivity index (χ1) is 9.06. The highest BCUT2D eigenvalue weighted by atomic mass is 19.1. The summed E-state index contributed by atoms with van der Waals surface area (Å²) in [5.41, 5.74) is 1.76. The third-order valence-corrected chi connectivity index (χ3v) is 3.23. The first-order valence-electron chi connectivity index (χ1n) is 6.44. The predicted molar refractivity (Wildman–Crippen MR) is 72.3 cm³/mol. The van der Waals surface area contributed by atoms with Crippen LogP contribution >= 0.6 is 0 Å². The maximum absolute atomic E-state index is 13.6. The van der Waals surface area contributed by atoms with Crippen molar-refractivity contribution in [1.29, 1.82) is 0 Å². The van der Waals surface area contributed by atoms with E-state index in [1.54, 1.807) is 25.4 Å². The smallest absolute Gasteiger partial charge is 0.212 e. The fourth-order valence-corrected chi connectivity index (χ4v) is 2.10. The third kappa shape index (κ3) is 3.60. The van der Waals surface area contributed by atoms with Gasteiger partial charge in [-0.25, -0.2) is 4.39 Å². The van der Waals surface area contributed by atoms with Crippen molar-refractivity contribution in [1.82, 2.24) is 0 Å². The zero-order valence-corrected chi connectivity index (χ0v) is 11.2. The van der Waals surface area contributed by atoms with Crippen molar-refractivity contribution in [2.75, 3.05) is 0 Å². The molecule has 0 radical (unpaired) electrons. The van der Waals surface area contributed by atoms with E-state index < -0.39 is 0 Å². The van der Waals surface area contributed by atoms with Gasteiger partial charge >= 0.3 is 5.95 Å². The summed E-state index contributed by atoms with van der Waals surface area (Å²) < 4.78 is 28.3. The van der Waals surface area contributed by atoms with Gasteiger partial charge < -0.3 is 0 Å². The van der Waals surface area contributed by atoms with Crippen molar-refractivity contribution in [2.24, 2.45) is 13.0 Å². The van der Waals surface area contributed by atoms with E-state index in [2.05, 4.69) is 0 Å². The lowest BCUT2D eigenvalue weighted by molar-refractivity contribution is -0.700. The normalized spacial score (nSPS) is 27.3. The summed E-state index contributed by atoms with van der Waals surface area (Å²) >= 11 is 0. The SMILES string of the molecule is CC1C\C=C/C(c2ccc(F)[n+](C)c2)=C\C=C(\F)C1. The summed E-state index contributed by atoms with van der Waals surface area (Å²) in [5, 5.41) is 0. The molecule has 0 fully saturated rings. The Morgan fingerprint density at radius 2 is 2.00 bits per heavy atom. The molecule has 0 aliphatic heterocycles. The van der Waals surface area contributed by atoms with Crippen LogP contribution in [0.15, 0.2) is 48.5 Å². The van der Waals surface area contributed by atoms with Gasteiger partial charge in [-0.05, 0) is 30.1 Å². The van der Waals surface area contributed by atoms with E-state index in [0.717, 1.165) is 17.6 Å². The number of rotatable bonds is 1. The molecular weight excluding hydrogens is 244 g/mol. The van der Waals surface area contributed by atoms with Gasteiger partial charge in [-0.3, -0.25) is 0 Å². The number of hydrogen-bond acceptors (Lipinski definition) is 0. The maximum atomic E-state index is 13.6. The van der Waals surface area contributed by atoms with Crippen LogP contribution in [0.4, 0.5) is 8.78 Å². The molecular formula is C16H18F2N+. The lowest BCUT2D eigenvalue weighted by Gasteiger charge is -2.04. The summed E-state index contributed by atoms with van der Waals surface area (Å²) in [4.78, 5) is 0. The zero-order chi connectivity index (χ0) is 13.8. The van der Waals surface area contributed by atoms with Crippen molar-refractivity contribution in [3.63, 3.8) is 0 Å². The van der Waals surface area contributed by atoms with E-state index in [1.807, 2.05) is 19.1 Å². The molecule has 0 aromatic carbocycles. The molecule has 2 rings (SSSR count). The summed E-state index contributed by atoms with van der Waals surface area (Å²) in [7, 11) is 1.65. The van der Waals surface area contributed by atoms with E-state index in [4.69, 9.17) is 0 Å². The molecule has 1 aromatic rings. The topological polar surface area (TPSA) is 3.88 Å². The van der Waals surface area contributed by atoms with Crippen LogP contribution in [0.1, 0.15) is 25.3 Å². The molecule has 0 amide bonds. The van der Waals surface area contributed by atoms with Crippen LogP contribution in [0.25, 0.3) is 5.57 Å². The highest BCUT2D eigenvalue weighted by Gasteiger charge is 2.10. The first kappa shape index (κ1) is 13.7. The number of hydrogen-bond donors (Lipinski definition) is 0. The molecule has 0 saturated carbocycles. The van der Waals surface area contributed by atoms with Gasteiger partial charge in [0, 0.05) is 18.1 Å². The second-order valence-corrected chi connectivity index (χ2v) is 5.03.